The number of hydrogen-bond acceptors (Lipinski definition) is 1. The highest BCUT2D eigenvalue weighted by atomic mass is 15.2. The van der Waals surface area contributed by atoms with Gasteiger partial charge in [0, 0.05) is 18.7 Å². The molecule has 0 unspecified atom stereocenters. The van der Waals surface area contributed by atoms with Crippen LogP contribution in [0.25, 0.3) is 0 Å². The van der Waals surface area contributed by atoms with Gasteiger partial charge in [-0.15, -0.1) is 0 Å². The first-order valence-electron chi connectivity index (χ1n) is 5.66. The molecule has 1 aromatic rings. The van der Waals surface area contributed by atoms with E-state index in [-0.39, 0.29) is 0 Å². The second kappa shape index (κ2) is 4.47. The number of amidine groups is 1. The third kappa shape index (κ3) is 2.20. The molecule has 0 bridgehead atoms. The molecule has 2 rings (SSSR count). The highest BCUT2D eigenvalue weighted by Gasteiger charge is 2.21. The van der Waals surface area contributed by atoms with Gasteiger partial charge in [-0.25, -0.2) is 0 Å². The minimum Gasteiger partial charge on any atom is -0.357 e. The third-order valence-corrected chi connectivity index (χ3v) is 3.27. The quantitative estimate of drug-likeness (QED) is 0.579. The molecular formula is C13H18N2. The Morgan fingerprint density at radius 3 is 2.40 bits per heavy atom. The van der Waals surface area contributed by atoms with Crippen LogP contribution in [-0.2, 0) is 0 Å². The van der Waals surface area contributed by atoms with E-state index in [0.29, 0.717) is 11.9 Å². The topological polar surface area (TPSA) is 27.1 Å². The number of rotatable bonds is 2. The third-order valence-electron chi connectivity index (χ3n) is 3.27. The summed E-state index contributed by atoms with van der Waals surface area (Å²) in [6, 6.07) is 10.6. The van der Waals surface area contributed by atoms with E-state index in [0.717, 1.165) is 5.56 Å². The predicted molar refractivity (Wildman–Crippen MR) is 63.3 cm³/mol. The van der Waals surface area contributed by atoms with Crippen molar-refractivity contribution < 1.29 is 0 Å². The van der Waals surface area contributed by atoms with Gasteiger partial charge in [-0.1, -0.05) is 43.2 Å². The standard InChI is InChI=1S/C13H18N2/c1-15(12-9-5-6-10-12)13(14)11-7-3-2-4-8-11/h2-4,7-8,12,14H,5-6,9-10H2,1H3. The van der Waals surface area contributed by atoms with E-state index < -0.39 is 0 Å². The van der Waals surface area contributed by atoms with Crippen LogP contribution in [0.15, 0.2) is 30.3 Å². The van der Waals surface area contributed by atoms with Gasteiger partial charge in [0.05, 0.1) is 0 Å². The van der Waals surface area contributed by atoms with Gasteiger partial charge in [0.15, 0.2) is 0 Å². The zero-order chi connectivity index (χ0) is 10.7. The van der Waals surface area contributed by atoms with E-state index in [4.69, 9.17) is 5.41 Å². The van der Waals surface area contributed by atoms with Crippen LogP contribution >= 0.6 is 0 Å². The highest BCUT2D eigenvalue weighted by molar-refractivity contribution is 5.96. The molecule has 1 aliphatic carbocycles. The van der Waals surface area contributed by atoms with Crippen molar-refractivity contribution in [3.8, 4) is 0 Å². The lowest BCUT2D eigenvalue weighted by molar-refractivity contribution is 0.370. The fourth-order valence-electron chi connectivity index (χ4n) is 2.27. The fourth-order valence-corrected chi connectivity index (χ4v) is 2.27. The van der Waals surface area contributed by atoms with Crippen molar-refractivity contribution in [3.63, 3.8) is 0 Å². The maximum Gasteiger partial charge on any atom is 0.128 e. The van der Waals surface area contributed by atoms with Crippen LogP contribution in [0.3, 0.4) is 0 Å². The Labute approximate surface area is 91.4 Å². The summed E-state index contributed by atoms with van der Waals surface area (Å²) in [5, 5.41) is 8.13. The first kappa shape index (κ1) is 10.2. The summed E-state index contributed by atoms with van der Waals surface area (Å²) < 4.78 is 0. The van der Waals surface area contributed by atoms with Gasteiger partial charge in [0.25, 0.3) is 0 Å². The average molecular weight is 202 g/mol. The summed E-state index contributed by atoms with van der Waals surface area (Å²) in [6.07, 6.45) is 5.12. The van der Waals surface area contributed by atoms with Gasteiger partial charge in [-0.2, -0.15) is 0 Å². The lowest BCUT2D eigenvalue weighted by Gasteiger charge is -2.26. The number of nitrogens with zero attached hydrogens (tertiary/aromatic N) is 1. The van der Waals surface area contributed by atoms with E-state index in [1.165, 1.54) is 25.7 Å². The van der Waals surface area contributed by atoms with Crippen LogP contribution in [0.5, 0.6) is 0 Å². The molecule has 1 saturated carbocycles. The number of nitrogens with one attached hydrogen (secondary N) is 1. The lowest BCUT2D eigenvalue weighted by Crippen LogP contribution is -2.35. The van der Waals surface area contributed by atoms with Crippen LogP contribution in [0.2, 0.25) is 0 Å². The van der Waals surface area contributed by atoms with E-state index >= 15 is 0 Å². The van der Waals surface area contributed by atoms with Crippen LogP contribution in [-0.4, -0.2) is 23.8 Å². The molecule has 0 heterocycles. The number of benzene rings is 1. The normalized spacial score (nSPS) is 16.6. The molecular weight excluding hydrogens is 184 g/mol. The van der Waals surface area contributed by atoms with Crippen LogP contribution in [0.4, 0.5) is 0 Å². The molecule has 2 heteroatoms. The van der Waals surface area contributed by atoms with Gasteiger partial charge in [0.2, 0.25) is 0 Å². The first-order valence-corrected chi connectivity index (χ1v) is 5.66. The van der Waals surface area contributed by atoms with Crippen LogP contribution in [0, 0.1) is 5.41 Å². The first-order chi connectivity index (χ1) is 7.29. The fraction of sp³-hybridized carbons (Fsp3) is 0.462. The van der Waals surface area contributed by atoms with Gasteiger partial charge in [-0.05, 0) is 12.8 Å². The molecule has 1 aliphatic rings. The summed E-state index contributed by atoms with van der Waals surface area (Å²) in [4.78, 5) is 2.13. The summed E-state index contributed by atoms with van der Waals surface area (Å²) in [7, 11) is 2.05. The molecule has 0 spiro atoms. The molecule has 0 atom stereocenters. The van der Waals surface area contributed by atoms with E-state index in [1.807, 2.05) is 37.4 Å². The molecule has 1 N–H and O–H groups in total. The Hall–Kier alpha value is -1.31. The van der Waals surface area contributed by atoms with Crippen molar-refractivity contribution >= 4 is 5.84 Å². The molecule has 0 amide bonds. The zero-order valence-electron chi connectivity index (χ0n) is 9.24. The average Bonchev–Trinajstić information content (AvgIpc) is 2.82. The largest absolute Gasteiger partial charge is 0.357 e. The monoisotopic (exact) mass is 202 g/mol. The second-order valence-electron chi connectivity index (χ2n) is 4.26. The molecule has 15 heavy (non-hydrogen) atoms. The Morgan fingerprint density at radius 2 is 1.80 bits per heavy atom. The molecule has 80 valence electrons. The van der Waals surface area contributed by atoms with Gasteiger partial charge in [-0.3, -0.25) is 5.41 Å². The van der Waals surface area contributed by atoms with Gasteiger partial charge in [0.1, 0.15) is 5.84 Å². The van der Waals surface area contributed by atoms with Gasteiger partial charge < -0.3 is 4.90 Å². The smallest absolute Gasteiger partial charge is 0.128 e. The Morgan fingerprint density at radius 1 is 1.20 bits per heavy atom. The molecule has 1 fully saturated rings. The molecule has 2 nitrogen and oxygen atoms in total. The summed E-state index contributed by atoms with van der Waals surface area (Å²) in [6.45, 7) is 0. The molecule has 1 aromatic carbocycles. The summed E-state index contributed by atoms with van der Waals surface area (Å²) in [5.74, 6) is 0.655. The highest BCUT2D eigenvalue weighted by Crippen LogP contribution is 2.23. The number of hydrogen-bond donors (Lipinski definition) is 1. The van der Waals surface area contributed by atoms with Crippen LogP contribution < -0.4 is 0 Å². The van der Waals surface area contributed by atoms with E-state index in [1.54, 1.807) is 0 Å². The van der Waals surface area contributed by atoms with Crippen LogP contribution in [0.1, 0.15) is 31.2 Å². The molecule has 0 aliphatic heterocycles. The van der Waals surface area contributed by atoms with Crippen molar-refractivity contribution in [2.75, 3.05) is 7.05 Å². The lowest BCUT2D eigenvalue weighted by atomic mass is 10.1. The van der Waals surface area contributed by atoms with Crippen molar-refractivity contribution in [3.05, 3.63) is 35.9 Å². The van der Waals surface area contributed by atoms with Crippen molar-refractivity contribution in [1.82, 2.24) is 4.90 Å². The maximum absolute atomic E-state index is 8.13. The van der Waals surface area contributed by atoms with Crippen molar-refractivity contribution in [1.29, 1.82) is 5.41 Å². The Bertz CT molecular complexity index is 326. The van der Waals surface area contributed by atoms with Gasteiger partial charge >= 0.3 is 0 Å². The molecule has 0 radical (unpaired) electrons. The zero-order valence-corrected chi connectivity index (χ0v) is 9.24. The van der Waals surface area contributed by atoms with E-state index in [9.17, 15) is 0 Å². The SMILES string of the molecule is CN(C(=N)c1ccccc1)C1CCCC1. The van der Waals surface area contributed by atoms with Crippen molar-refractivity contribution in [2.24, 2.45) is 0 Å². The second-order valence-corrected chi connectivity index (χ2v) is 4.26. The summed E-state index contributed by atoms with van der Waals surface area (Å²) in [5.41, 5.74) is 1.02. The molecule has 0 saturated heterocycles. The Balaban J connectivity index is 2.07. The maximum atomic E-state index is 8.13. The molecule has 0 aromatic heterocycles. The van der Waals surface area contributed by atoms with E-state index in [2.05, 4.69) is 4.90 Å². The minimum atomic E-state index is 0.581. The van der Waals surface area contributed by atoms with Crippen molar-refractivity contribution in [2.45, 2.75) is 31.7 Å². The summed E-state index contributed by atoms with van der Waals surface area (Å²) >= 11 is 0. The predicted octanol–water partition coefficient (Wildman–Crippen LogP) is 2.89. The minimum absolute atomic E-state index is 0.581. The Kier molecular flexibility index (Phi) is 3.05.